The van der Waals surface area contributed by atoms with Crippen LogP contribution in [0.4, 0.5) is 0 Å². The summed E-state index contributed by atoms with van der Waals surface area (Å²) in [6.07, 6.45) is 0. The predicted octanol–water partition coefficient (Wildman–Crippen LogP) is 0.478. The molecule has 0 aromatic rings. The molecule has 0 bridgehead atoms. The number of ether oxygens (including phenoxy) is 2. The molecule has 0 radical (unpaired) electrons. The van der Waals surface area contributed by atoms with E-state index in [1.165, 1.54) is 0 Å². The number of nitrogens with one attached hydrogen (secondary N) is 1. The van der Waals surface area contributed by atoms with E-state index in [4.69, 9.17) is 21.1 Å². The van der Waals surface area contributed by atoms with E-state index in [2.05, 4.69) is 5.32 Å². The quantitative estimate of drug-likeness (QED) is 0.437. The van der Waals surface area contributed by atoms with Gasteiger partial charge in [-0.2, -0.15) is 0 Å². The Balaban J connectivity index is 2.69. The van der Waals surface area contributed by atoms with Crippen molar-refractivity contribution >= 4 is 11.6 Å². The topological polar surface area (TPSA) is 30.5 Å². The molecule has 0 saturated heterocycles. The van der Waals surface area contributed by atoms with Crippen LogP contribution < -0.4 is 5.32 Å². The predicted molar refractivity (Wildman–Crippen MR) is 46.3 cm³/mol. The van der Waals surface area contributed by atoms with Gasteiger partial charge in [-0.15, -0.1) is 11.6 Å². The van der Waals surface area contributed by atoms with Gasteiger partial charge < -0.3 is 14.8 Å². The fourth-order valence-corrected chi connectivity index (χ4v) is 0.660. The number of likely N-dealkylation sites (N-methyl/N-ethyl adjacent to an activating group) is 1. The molecule has 68 valence electrons. The van der Waals surface area contributed by atoms with Gasteiger partial charge in [0.25, 0.3) is 0 Å². The van der Waals surface area contributed by atoms with Crippen molar-refractivity contribution in [2.45, 2.75) is 0 Å². The Morgan fingerprint density at radius 3 is 2.27 bits per heavy atom. The van der Waals surface area contributed by atoms with Crippen LogP contribution in [-0.2, 0) is 9.47 Å². The van der Waals surface area contributed by atoms with Gasteiger partial charge in [0.2, 0.25) is 0 Å². The molecular weight excluding hydrogens is 166 g/mol. The van der Waals surface area contributed by atoms with E-state index in [1.807, 2.05) is 7.05 Å². The molecule has 0 aromatic carbocycles. The third-order valence-electron chi connectivity index (χ3n) is 1.09. The molecule has 0 aliphatic rings. The average Bonchev–Trinajstić information content (AvgIpc) is 2.03. The van der Waals surface area contributed by atoms with Crippen LogP contribution in [-0.4, -0.2) is 45.9 Å². The molecule has 0 saturated carbocycles. The summed E-state index contributed by atoms with van der Waals surface area (Å²) in [5.41, 5.74) is 0. The van der Waals surface area contributed by atoms with Crippen molar-refractivity contribution in [3.05, 3.63) is 0 Å². The van der Waals surface area contributed by atoms with Crippen LogP contribution >= 0.6 is 11.6 Å². The molecule has 0 aliphatic carbocycles. The first-order chi connectivity index (χ1) is 5.41. The van der Waals surface area contributed by atoms with Gasteiger partial charge in [-0.25, -0.2) is 0 Å². The van der Waals surface area contributed by atoms with E-state index in [1.54, 1.807) is 0 Å². The molecule has 0 fully saturated rings. The smallest absolute Gasteiger partial charge is 0.0701 e. The van der Waals surface area contributed by atoms with E-state index in [9.17, 15) is 0 Å². The van der Waals surface area contributed by atoms with Crippen molar-refractivity contribution in [3.8, 4) is 0 Å². The maximum absolute atomic E-state index is 5.39. The van der Waals surface area contributed by atoms with Crippen LogP contribution in [0.5, 0.6) is 0 Å². The number of alkyl halides is 1. The molecular formula is C7H16ClNO2. The van der Waals surface area contributed by atoms with Gasteiger partial charge in [-0.3, -0.25) is 0 Å². The zero-order chi connectivity index (χ0) is 8.36. The van der Waals surface area contributed by atoms with E-state index < -0.39 is 0 Å². The van der Waals surface area contributed by atoms with Gasteiger partial charge in [-0.1, -0.05) is 0 Å². The second-order valence-corrected chi connectivity index (χ2v) is 2.40. The Hall–Kier alpha value is 0.170. The highest BCUT2D eigenvalue weighted by atomic mass is 35.5. The molecule has 0 spiro atoms. The third kappa shape index (κ3) is 10.2. The Labute approximate surface area is 73.0 Å². The number of hydrogen-bond acceptors (Lipinski definition) is 3. The Kier molecular flexibility index (Phi) is 10.3. The highest BCUT2D eigenvalue weighted by molar-refractivity contribution is 6.17. The fraction of sp³-hybridized carbons (Fsp3) is 1.00. The van der Waals surface area contributed by atoms with Gasteiger partial charge in [0.1, 0.15) is 0 Å². The summed E-state index contributed by atoms with van der Waals surface area (Å²) in [5, 5.41) is 2.98. The second kappa shape index (κ2) is 10.2. The van der Waals surface area contributed by atoms with Crippen LogP contribution in [0, 0.1) is 0 Å². The van der Waals surface area contributed by atoms with Gasteiger partial charge in [0.05, 0.1) is 26.4 Å². The highest BCUT2D eigenvalue weighted by Gasteiger charge is 1.87. The average molecular weight is 182 g/mol. The van der Waals surface area contributed by atoms with Gasteiger partial charge >= 0.3 is 0 Å². The van der Waals surface area contributed by atoms with E-state index in [-0.39, 0.29) is 0 Å². The molecule has 11 heavy (non-hydrogen) atoms. The molecule has 0 aliphatic heterocycles. The van der Waals surface area contributed by atoms with E-state index in [0.717, 1.165) is 13.2 Å². The molecule has 3 nitrogen and oxygen atoms in total. The number of halogens is 1. The minimum absolute atomic E-state index is 0.552. The van der Waals surface area contributed by atoms with Crippen LogP contribution in [0.2, 0.25) is 0 Å². The summed E-state index contributed by atoms with van der Waals surface area (Å²) >= 11 is 5.39. The fourth-order valence-electron chi connectivity index (χ4n) is 0.551. The maximum Gasteiger partial charge on any atom is 0.0701 e. The SMILES string of the molecule is CNCCOCCOCCCl. The Morgan fingerprint density at radius 1 is 1.09 bits per heavy atom. The van der Waals surface area contributed by atoms with Gasteiger partial charge in [0.15, 0.2) is 0 Å². The first-order valence-corrected chi connectivity index (χ1v) is 4.31. The van der Waals surface area contributed by atoms with Crippen molar-refractivity contribution in [2.75, 3.05) is 45.9 Å². The molecule has 0 aromatic heterocycles. The van der Waals surface area contributed by atoms with Gasteiger partial charge in [0, 0.05) is 12.4 Å². The van der Waals surface area contributed by atoms with Crippen molar-refractivity contribution < 1.29 is 9.47 Å². The lowest BCUT2D eigenvalue weighted by molar-refractivity contribution is 0.0552. The third-order valence-corrected chi connectivity index (χ3v) is 1.24. The summed E-state index contributed by atoms with van der Waals surface area (Å²) < 4.78 is 10.3. The molecule has 4 heteroatoms. The molecule has 0 atom stereocenters. The second-order valence-electron chi connectivity index (χ2n) is 2.02. The summed E-state index contributed by atoms with van der Waals surface area (Å²) in [7, 11) is 1.90. The minimum Gasteiger partial charge on any atom is -0.378 e. The van der Waals surface area contributed by atoms with Crippen LogP contribution in [0.25, 0.3) is 0 Å². The summed E-state index contributed by atoms with van der Waals surface area (Å²) in [4.78, 5) is 0. The first kappa shape index (κ1) is 11.2. The van der Waals surface area contributed by atoms with Crippen LogP contribution in [0.15, 0.2) is 0 Å². The number of rotatable bonds is 8. The summed E-state index contributed by atoms with van der Waals surface area (Å²) in [6.45, 7) is 3.52. The Bertz CT molecular complexity index is 65.5. The molecule has 0 heterocycles. The standard InChI is InChI=1S/C7H16ClNO2/c1-9-3-5-11-7-6-10-4-2-8/h9H,2-7H2,1H3. The number of hydrogen-bond donors (Lipinski definition) is 1. The lowest BCUT2D eigenvalue weighted by Crippen LogP contribution is -2.16. The van der Waals surface area contributed by atoms with Crippen molar-refractivity contribution in [1.82, 2.24) is 5.32 Å². The highest BCUT2D eigenvalue weighted by Crippen LogP contribution is 1.80. The summed E-state index contributed by atoms with van der Waals surface area (Å²) in [6, 6.07) is 0. The largest absolute Gasteiger partial charge is 0.378 e. The lowest BCUT2D eigenvalue weighted by atomic mass is 10.7. The van der Waals surface area contributed by atoms with Crippen molar-refractivity contribution in [2.24, 2.45) is 0 Å². The molecule has 0 unspecified atom stereocenters. The van der Waals surface area contributed by atoms with Crippen molar-refractivity contribution in [1.29, 1.82) is 0 Å². The molecule has 1 N–H and O–H groups in total. The minimum atomic E-state index is 0.552. The maximum atomic E-state index is 5.39. The van der Waals surface area contributed by atoms with Crippen molar-refractivity contribution in [3.63, 3.8) is 0 Å². The zero-order valence-corrected chi connectivity index (χ0v) is 7.69. The summed E-state index contributed by atoms with van der Waals surface area (Å²) in [5.74, 6) is 0.552. The zero-order valence-electron chi connectivity index (χ0n) is 6.94. The normalized spacial score (nSPS) is 10.4. The lowest BCUT2D eigenvalue weighted by Gasteiger charge is -2.03. The monoisotopic (exact) mass is 181 g/mol. The molecule has 0 amide bonds. The Morgan fingerprint density at radius 2 is 1.73 bits per heavy atom. The van der Waals surface area contributed by atoms with E-state index >= 15 is 0 Å². The van der Waals surface area contributed by atoms with Gasteiger partial charge in [-0.05, 0) is 7.05 Å². The van der Waals surface area contributed by atoms with Crippen LogP contribution in [0.3, 0.4) is 0 Å². The van der Waals surface area contributed by atoms with E-state index in [0.29, 0.717) is 25.7 Å². The molecule has 0 rings (SSSR count). The first-order valence-electron chi connectivity index (χ1n) is 3.78. The van der Waals surface area contributed by atoms with Crippen LogP contribution in [0.1, 0.15) is 0 Å².